The van der Waals surface area contributed by atoms with Gasteiger partial charge in [-0.15, -0.1) is 11.3 Å². The van der Waals surface area contributed by atoms with Gasteiger partial charge in [0.15, 0.2) is 0 Å². The average Bonchev–Trinajstić information content (AvgIpc) is 3.09. The van der Waals surface area contributed by atoms with E-state index in [1.165, 1.54) is 24.1 Å². The van der Waals surface area contributed by atoms with Gasteiger partial charge in [-0.25, -0.2) is 0 Å². The summed E-state index contributed by atoms with van der Waals surface area (Å²) >= 11 is 1.81. The van der Waals surface area contributed by atoms with E-state index >= 15 is 0 Å². The summed E-state index contributed by atoms with van der Waals surface area (Å²) in [6.45, 7) is 5.39. The maximum atomic E-state index is 12.7. The topological polar surface area (TPSA) is 49.6 Å². The number of carbonyl (C=O) groups is 1. The van der Waals surface area contributed by atoms with Gasteiger partial charge >= 0.3 is 0 Å². The monoisotopic (exact) mass is 335 g/mol. The van der Waals surface area contributed by atoms with Gasteiger partial charge in [0.2, 0.25) is 5.91 Å². The van der Waals surface area contributed by atoms with Crippen LogP contribution >= 0.6 is 11.3 Å². The molecule has 1 aromatic heterocycles. The van der Waals surface area contributed by atoms with E-state index in [4.69, 9.17) is 5.73 Å². The molecule has 1 aliphatic carbocycles. The first-order valence-corrected chi connectivity index (χ1v) is 9.81. The quantitative estimate of drug-likeness (QED) is 0.900. The predicted octanol–water partition coefficient (Wildman–Crippen LogP) is 2.69. The normalized spacial score (nSPS) is 22.2. The van der Waals surface area contributed by atoms with Gasteiger partial charge in [0.25, 0.3) is 0 Å². The molecule has 4 nitrogen and oxygen atoms in total. The third-order valence-corrected chi connectivity index (χ3v) is 6.42. The van der Waals surface area contributed by atoms with Gasteiger partial charge in [-0.05, 0) is 36.2 Å². The fourth-order valence-electron chi connectivity index (χ4n) is 3.97. The molecule has 0 bridgehead atoms. The zero-order chi connectivity index (χ0) is 16.1. The van der Waals surface area contributed by atoms with Gasteiger partial charge in [-0.3, -0.25) is 9.69 Å². The molecule has 1 saturated heterocycles. The number of nitrogens with zero attached hydrogens (tertiary/aromatic N) is 2. The zero-order valence-electron chi connectivity index (χ0n) is 14.0. The molecular weight excluding hydrogens is 306 g/mol. The van der Waals surface area contributed by atoms with Crippen molar-refractivity contribution in [3.63, 3.8) is 0 Å². The Labute approximate surface area is 143 Å². The lowest BCUT2D eigenvalue weighted by Gasteiger charge is -2.39. The number of piperazine rings is 1. The summed E-state index contributed by atoms with van der Waals surface area (Å²) < 4.78 is 0. The first-order chi connectivity index (χ1) is 11.2. The number of rotatable bonds is 5. The van der Waals surface area contributed by atoms with Gasteiger partial charge < -0.3 is 10.6 Å². The van der Waals surface area contributed by atoms with Crippen LogP contribution in [0.2, 0.25) is 0 Å². The second kappa shape index (κ2) is 7.77. The minimum absolute atomic E-state index is 0.0867. The molecule has 1 amide bonds. The fourth-order valence-corrected chi connectivity index (χ4v) is 4.71. The lowest BCUT2D eigenvalue weighted by atomic mass is 9.71. The third kappa shape index (κ3) is 4.34. The van der Waals surface area contributed by atoms with Crippen molar-refractivity contribution in [2.24, 2.45) is 11.1 Å². The molecule has 0 spiro atoms. The van der Waals surface area contributed by atoms with Crippen molar-refractivity contribution in [2.45, 2.75) is 45.1 Å². The molecule has 0 atom stereocenters. The standard InChI is InChI=1S/C18H29N3OS/c19-15-18(6-2-1-3-7-18)13-17(22)21-10-8-20(9-11-21)14-16-5-4-12-23-16/h4-5,12H,1-3,6-11,13-15,19H2. The van der Waals surface area contributed by atoms with Crippen molar-refractivity contribution >= 4 is 17.2 Å². The highest BCUT2D eigenvalue weighted by molar-refractivity contribution is 7.09. The fraction of sp³-hybridized carbons (Fsp3) is 0.722. The van der Waals surface area contributed by atoms with Gasteiger partial charge in [0.05, 0.1) is 0 Å². The molecule has 3 rings (SSSR count). The Balaban J connectivity index is 1.48. The molecule has 0 radical (unpaired) electrons. The first-order valence-electron chi connectivity index (χ1n) is 8.93. The first kappa shape index (κ1) is 16.9. The smallest absolute Gasteiger partial charge is 0.223 e. The number of hydrogen-bond donors (Lipinski definition) is 1. The van der Waals surface area contributed by atoms with Gasteiger partial charge in [-0.2, -0.15) is 0 Å². The molecule has 23 heavy (non-hydrogen) atoms. The van der Waals surface area contributed by atoms with Crippen LogP contribution in [-0.2, 0) is 11.3 Å². The molecule has 2 N–H and O–H groups in total. The van der Waals surface area contributed by atoms with Crippen LogP contribution in [0.15, 0.2) is 17.5 Å². The number of hydrogen-bond acceptors (Lipinski definition) is 4. The molecule has 0 unspecified atom stereocenters. The van der Waals surface area contributed by atoms with Crippen molar-refractivity contribution in [1.82, 2.24) is 9.80 Å². The number of carbonyl (C=O) groups excluding carboxylic acids is 1. The number of thiophene rings is 1. The summed E-state index contributed by atoms with van der Waals surface area (Å²) in [5, 5.41) is 2.13. The Kier molecular flexibility index (Phi) is 5.72. The van der Waals surface area contributed by atoms with E-state index in [1.807, 2.05) is 11.3 Å². The SMILES string of the molecule is NCC1(CC(=O)N2CCN(Cc3cccs3)CC2)CCCCC1. The van der Waals surface area contributed by atoms with Crippen LogP contribution in [-0.4, -0.2) is 48.4 Å². The van der Waals surface area contributed by atoms with Crippen LogP contribution in [0.4, 0.5) is 0 Å². The van der Waals surface area contributed by atoms with Gasteiger partial charge in [-0.1, -0.05) is 25.3 Å². The van der Waals surface area contributed by atoms with Crippen molar-refractivity contribution in [2.75, 3.05) is 32.7 Å². The second-order valence-electron chi connectivity index (χ2n) is 7.18. The lowest BCUT2D eigenvalue weighted by Crippen LogP contribution is -2.50. The van der Waals surface area contributed by atoms with Crippen molar-refractivity contribution in [1.29, 1.82) is 0 Å². The van der Waals surface area contributed by atoms with E-state index in [0.717, 1.165) is 45.6 Å². The summed E-state index contributed by atoms with van der Waals surface area (Å²) in [5.74, 6) is 0.327. The van der Waals surface area contributed by atoms with Crippen molar-refractivity contribution in [3.05, 3.63) is 22.4 Å². The molecule has 1 saturated carbocycles. The minimum Gasteiger partial charge on any atom is -0.340 e. The molecule has 2 heterocycles. The molecule has 0 aromatic carbocycles. The second-order valence-corrected chi connectivity index (χ2v) is 8.21. The zero-order valence-corrected chi connectivity index (χ0v) is 14.8. The summed E-state index contributed by atoms with van der Waals surface area (Å²) in [6.07, 6.45) is 6.70. The minimum atomic E-state index is 0.0867. The molecular formula is C18H29N3OS. The highest BCUT2D eigenvalue weighted by atomic mass is 32.1. The molecule has 2 aliphatic rings. The Morgan fingerprint density at radius 3 is 2.52 bits per heavy atom. The van der Waals surface area contributed by atoms with Gasteiger partial charge in [0, 0.05) is 44.0 Å². The third-order valence-electron chi connectivity index (χ3n) is 5.56. The summed E-state index contributed by atoms with van der Waals surface area (Å²) in [7, 11) is 0. The van der Waals surface area contributed by atoms with Crippen LogP contribution in [0.1, 0.15) is 43.4 Å². The Morgan fingerprint density at radius 1 is 1.17 bits per heavy atom. The molecule has 5 heteroatoms. The Hall–Kier alpha value is -0.910. The van der Waals surface area contributed by atoms with E-state index in [0.29, 0.717) is 18.9 Å². The predicted molar refractivity (Wildman–Crippen MR) is 95.4 cm³/mol. The lowest BCUT2D eigenvalue weighted by molar-refractivity contribution is -0.136. The van der Waals surface area contributed by atoms with Crippen molar-refractivity contribution < 1.29 is 4.79 Å². The van der Waals surface area contributed by atoms with Crippen LogP contribution in [0.3, 0.4) is 0 Å². The van der Waals surface area contributed by atoms with E-state index in [9.17, 15) is 4.79 Å². The maximum Gasteiger partial charge on any atom is 0.223 e. The van der Waals surface area contributed by atoms with Crippen LogP contribution in [0.25, 0.3) is 0 Å². The Morgan fingerprint density at radius 2 is 1.91 bits per heavy atom. The molecule has 2 fully saturated rings. The van der Waals surface area contributed by atoms with E-state index < -0.39 is 0 Å². The van der Waals surface area contributed by atoms with E-state index in [2.05, 4.69) is 27.3 Å². The largest absolute Gasteiger partial charge is 0.340 e. The Bertz CT molecular complexity index is 488. The number of nitrogens with two attached hydrogens (primary N) is 1. The van der Waals surface area contributed by atoms with Crippen LogP contribution < -0.4 is 5.73 Å². The summed E-state index contributed by atoms with van der Waals surface area (Å²) in [5.41, 5.74) is 6.12. The highest BCUT2D eigenvalue weighted by Crippen LogP contribution is 2.38. The molecule has 1 aromatic rings. The maximum absolute atomic E-state index is 12.7. The van der Waals surface area contributed by atoms with Crippen molar-refractivity contribution in [3.8, 4) is 0 Å². The summed E-state index contributed by atoms with van der Waals surface area (Å²) in [6, 6.07) is 4.30. The highest BCUT2D eigenvalue weighted by Gasteiger charge is 2.35. The van der Waals surface area contributed by atoms with Gasteiger partial charge in [0.1, 0.15) is 0 Å². The van der Waals surface area contributed by atoms with Crippen LogP contribution in [0, 0.1) is 5.41 Å². The van der Waals surface area contributed by atoms with E-state index in [-0.39, 0.29) is 5.41 Å². The number of amides is 1. The molecule has 1 aliphatic heterocycles. The van der Waals surface area contributed by atoms with E-state index in [1.54, 1.807) is 0 Å². The average molecular weight is 336 g/mol. The van der Waals surface area contributed by atoms with Crippen LogP contribution in [0.5, 0.6) is 0 Å². The molecule has 128 valence electrons. The summed E-state index contributed by atoms with van der Waals surface area (Å²) in [4.78, 5) is 18.6.